The van der Waals surface area contributed by atoms with Crippen molar-refractivity contribution < 1.29 is 9.90 Å². The Morgan fingerprint density at radius 1 is 1.32 bits per heavy atom. The fourth-order valence-corrected chi connectivity index (χ4v) is 1.67. The molecule has 0 saturated carbocycles. The summed E-state index contributed by atoms with van der Waals surface area (Å²) in [6.07, 6.45) is 3.39. The number of carboxylic acid groups (broad SMARTS) is 1. The molecule has 0 atom stereocenters. The normalized spacial score (nSPS) is 9.95. The highest BCUT2D eigenvalue weighted by Gasteiger charge is 2.07. The van der Waals surface area contributed by atoms with Gasteiger partial charge in [-0.25, -0.2) is 4.79 Å². The predicted molar refractivity (Wildman–Crippen MR) is 75.0 cm³/mol. The molecule has 2 aromatic rings. The minimum atomic E-state index is -0.949. The van der Waals surface area contributed by atoms with Crippen molar-refractivity contribution >= 4 is 17.4 Å². The first-order chi connectivity index (χ1) is 9.08. The van der Waals surface area contributed by atoms with Crippen LogP contribution >= 0.6 is 0 Å². The van der Waals surface area contributed by atoms with Crippen LogP contribution in [0.2, 0.25) is 0 Å². The van der Waals surface area contributed by atoms with E-state index in [1.54, 1.807) is 30.6 Å². The maximum Gasteiger partial charge on any atom is 0.335 e. The van der Waals surface area contributed by atoms with Crippen LogP contribution in [-0.2, 0) is 0 Å². The quantitative estimate of drug-likeness (QED) is 0.879. The molecule has 1 heterocycles. The van der Waals surface area contributed by atoms with Crippen molar-refractivity contribution in [3.05, 3.63) is 66.0 Å². The summed E-state index contributed by atoms with van der Waals surface area (Å²) in [5.41, 5.74) is 3.47. The van der Waals surface area contributed by atoms with Crippen LogP contribution in [-0.4, -0.2) is 16.1 Å². The number of aryl methyl sites for hydroxylation is 1. The van der Waals surface area contributed by atoms with Crippen LogP contribution in [0.4, 0.5) is 5.69 Å². The van der Waals surface area contributed by atoms with Gasteiger partial charge in [-0.05, 0) is 36.8 Å². The first-order valence-corrected chi connectivity index (χ1v) is 5.78. The summed E-state index contributed by atoms with van der Waals surface area (Å²) in [6, 6.07) is 8.65. The molecule has 4 heteroatoms. The Kier molecular flexibility index (Phi) is 3.61. The zero-order chi connectivity index (χ0) is 13.8. The van der Waals surface area contributed by atoms with Crippen LogP contribution in [0.15, 0.2) is 49.3 Å². The summed E-state index contributed by atoms with van der Waals surface area (Å²) in [5, 5.41) is 12.1. The highest BCUT2D eigenvalue weighted by atomic mass is 16.4. The van der Waals surface area contributed by atoms with Crippen LogP contribution in [0.3, 0.4) is 0 Å². The van der Waals surface area contributed by atoms with E-state index < -0.39 is 5.97 Å². The van der Waals surface area contributed by atoms with Gasteiger partial charge in [-0.3, -0.25) is 4.98 Å². The Morgan fingerprint density at radius 2 is 2.11 bits per heavy atom. The molecule has 0 aliphatic rings. The van der Waals surface area contributed by atoms with Gasteiger partial charge in [0.15, 0.2) is 0 Å². The average molecular weight is 254 g/mol. The van der Waals surface area contributed by atoms with E-state index in [1.165, 1.54) is 0 Å². The molecular weight excluding hydrogens is 240 g/mol. The number of carbonyl (C=O) groups is 1. The van der Waals surface area contributed by atoms with E-state index in [4.69, 9.17) is 5.11 Å². The molecule has 0 aliphatic carbocycles. The van der Waals surface area contributed by atoms with Gasteiger partial charge >= 0.3 is 5.97 Å². The average Bonchev–Trinajstić information content (AvgIpc) is 2.42. The number of nitrogens with one attached hydrogen (secondary N) is 1. The fraction of sp³-hybridized carbons (Fsp3) is 0.0667. The molecule has 19 heavy (non-hydrogen) atoms. The number of anilines is 1. The van der Waals surface area contributed by atoms with Gasteiger partial charge in [-0.1, -0.05) is 12.6 Å². The van der Waals surface area contributed by atoms with E-state index in [1.807, 2.05) is 19.1 Å². The maximum absolute atomic E-state index is 11.0. The SMILES string of the molecule is C=C(Nc1cc(C(=O)O)ccc1C)c1cccnc1. The largest absolute Gasteiger partial charge is 0.478 e. The van der Waals surface area contributed by atoms with Crippen LogP contribution in [0.25, 0.3) is 5.70 Å². The van der Waals surface area contributed by atoms with Crippen LogP contribution in [0.5, 0.6) is 0 Å². The molecule has 0 bridgehead atoms. The number of pyridine rings is 1. The van der Waals surface area contributed by atoms with E-state index in [-0.39, 0.29) is 5.56 Å². The van der Waals surface area contributed by atoms with Gasteiger partial charge in [-0.2, -0.15) is 0 Å². The second kappa shape index (κ2) is 5.35. The summed E-state index contributed by atoms with van der Waals surface area (Å²) in [6.45, 7) is 5.84. The molecule has 0 spiro atoms. The number of nitrogens with zero attached hydrogens (tertiary/aromatic N) is 1. The zero-order valence-corrected chi connectivity index (χ0v) is 10.6. The lowest BCUT2D eigenvalue weighted by atomic mass is 10.1. The molecule has 0 radical (unpaired) electrons. The molecule has 2 N–H and O–H groups in total. The number of aromatic nitrogens is 1. The van der Waals surface area contributed by atoms with Crippen molar-refractivity contribution in [2.75, 3.05) is 5.32 Å². The highest BCUT2D eigenvalue weighted by Crippen LogP contribution is 2.21. The number of rotatable bonds is 4. The summed E-state index contributed by atoms with van der Waals surface area (Å²) in [4.78, 5) is 15.0. The maximum atomic E-state index is 11.0. The first-order valence-electron chi connectivity index (χ1n) is 5.78. The Labute approximate surface area is 111 Å². The highest BCUT2D eigenvalue weighted by molar-refractivity contribution is 5.90. The number of aromatic carboxylic acids is 1. The van der Waals surface area contributed by atoms with Crippen molar-refractivity contribution in [2.24, 2.45) is 0 Å². The van der Waals surface area contributed by atoms with Crippen molar-refractivity contribution in [3.63, 3.8) is 0 Å². The van der Waals surface area contributed by atoms with Gasteiger partial charge < -0.3 is 10.4 Å². The zero-order valence-electron chi connectivity index (χ0n) is 10.6. The summed E-state index contributed by atoms with van der Waals surface area (Å²) < 4.78 is 0. The van der Waals surface area contributed by atoms with E-state index in [0.29, 0.717) is 5.70 Å². The molecule has 1 aromatic heterocycles. The fourth-order valence-electron chi connectivity index (χ4n) is 1.67. The molecule has 1 aromatic carbocycles. The number of benzene rings is 1. The van der Waals surface area contributed by atoms with Gasteiger partial charge in [0.1, 0.15) is 0 Å². The van der Waals surface area contributed by atoms with Crippen LogP contribution in [0.1, 0.15) is 21.5 Å². The Bertz CT molecular complexity index is 621. The van der Waals surface area contributed by atoms with Gasteiger partial charge in [0.2, 0.25) is 0 Å². The van der Waals surface area contributed by atoms with Crippen LogP contribution in [0, 0.1) is 6.92 Å². The molecule has 0 unspecified atom stereocenters. The third kappa shape index (κ3) is 2.98. The lowest BCUT2D eigenvalue weighted by Gasteiger charge is -2.12. The topological polar surface area (TPSA) is 62.2 Å². The van der Waals surface area contributed by atoms with E-state index in [0.717, 1.165) is 16.8 Å². The summed E-state index contributed by atoms with van der Waals surface area (Å²) >= 11 is 0. The molecule has 4 nitrogen and oxygen atoms in total. The van der Waals surface area contributed by atoms with Crippen molar-refractivity contribution in [3.8, 4) is 0 Å². The summed E-state index contributed by atoms with van der Waals surface area (Å²) in [7, 11) is 0. The van der Waals surface area contributed by atoms with Gasteiger partial charge in [0.25, 0.3) is 0 Å². The Morgan fingerprint density at radius 3 is 2.74 bits per heavy atom. The standard InChI is InChI=1S/C15H14N2O2/c1-10-5-6-12(15(18)19)8-14(10)17-11(2)13-4-3-7-16-9-13/h3-9,17H,2H2,1H3,(H,18,19). The van der Waals surface area contributed by atoms with Crippen LogP contribution < -0.4 is 5.32 Å². The lowest BCUT2D eigenvalue weighted by molar-refractivity contribution is 0.0697. The lowest BCUT2D eigenvalue weighted by Crippen LogP contribution is -2.02. The van der Waals surface area contributed by atoms with Gasteiger partial charge in [-0.15, -0.1) is 0 Å². The van der Waals surface area contributed by atoms with Crippen molar-refractivity contribution in [2.45, 2.75) is 6.92 Å². The van der Waals surface area contributed by atoms with Gasteiger partial charge in [0, 0.05) is 29.3 Å². The van der Waals surface area contributed by atoms with Crippen molar-refractivity contribution in [1.29, 1.82) is 0 Å². The number of carboxylic acids is 1. The second-order valence-electron chi connectivity index (χ2n) is 4.18. The summed E-state index contributed by atoms with van der Waals surface area (Å²) in [5.74, 6) is -0.949. The monoisotopic (exact) mass is 254 g/mol. The third-order valence-electron chi connectivity index (χ3n) is 2.78. The number of hydrogen-bond donors (Lipinski definition) is 2. The Balaban J connectivity index is 2.26. The van der Waals surface area contributed by atoms with E-state index in [2.05, 4.69) is 16.9 Å². The third-order valence-corrected chi connectivity index (χ3v) is 2.78. The Hall–Kier alpha value is -2.62. The van der Waals surface area contributed by atoms with E-state index in [9.17, 15) is 4.79 Å². The molecule has 0 fully saturated rings. The molecule has 0 amide bonds. The van der Waals surface area contributed by atoms with Crippen molar-refractivity contribution in [1.82, 2.24) is 4.98 Å². The smallest absolute Gasteiger partial charge is 0.335 e. The first kappa shape index (κ1) is 12.8. The van der Waals surface area contributed by atoms with Gasteiger partial charge in [0.05, 0.1) is 5.56 Å². The number of hydrogen-bond acceptors (Lipinski definition) is 3. The minimum Gasteiger partial charge on any atom is -0.478 e. The predicted octanol–water partition coefficient (Wildman–Crippen LogP) is 3.17. The molecular formula is C15H14N2O2. The minimum absolute atomic E-state index is 0.243. The molecule has 0 saturated heterocycles. The second-order valence-corrected chi connectivity index (χ2v) is 4.18. The molecule has 96 valence electrons. The molecule has 0 aliphatic heterocycles. The molecule has 2 rings (SSSR count). The van der Waals surface area contributed by atoms with E-state index >= 15 is 0 Å².